The van der Waals surface area contributed by atoms with Crippen LogP contribution in [-0.4, -0.2) is 33.5 Å². The predicted molar refractivity (Wildman–Crippen MR) is 91.9 cm³/mol. The number of nitrogens with zero attached hydrogens (tertiary/aromatic N) is 1. The third kappa shape index (κ3) is 5.34. The van der Waals surface area contributed by atoms with Crippen LogP contribution in [0.25, 0.3) is 0 Å². The maximum absolute atomic E-state index is 11.6. The summed E-state index contributed by atoms with van der Waals surface area (Å²) in [4.78, 5) is 25.5. The zero-order valence-corrected chi connectivity index (χ0v) is 15.7. The summed E-state index contributed by atoms with van der Waals surface area (Å²) in [6, 6.07) is 6.66. The number of ether oxygens (including phenoxy) is 1. The van der Waals surface area contributed by atoms with E-state index >= 15 is 0 Å². The summed E-state index contributed by atoms with van der Waals surface area (Å²) in [5, 5.41) is 0.125. The number of rotatable bonds is 6. The molecule has 0 amide bonds. The highest BCUT2D eigenvalue weighted by Gasteiger charge is 2.38. The Morgan fingerprint density at radius 1 is 1.26 bits per heavy atom. The molecule has 126 valence electrons. The number of carbonyl (C=O) groups is 1. The van der Waals surface area contributed by atoms with Crippen molar-refractivity contribution in [2.45, 2.75) is 51.4 Å². The van der Waals surface area contributed by atoms with Gasteiger partial charge in [0.05, 0.1) is 7.11 Å². The molecule has 0 radical (unpaired) electrons. The number of hydrogen-bond acceptors (Lipinski definition) is 5. The molecule has 0 aromatic heterocycles. The van der Waals surface area contributed by atoms with Gasteiger partial charge in [-0.15, -0.1) is 0 Å². The van der Waals surface area contributed by atoms with E-state index in [1.807, 2.05) is 24.3 Å². The monoisotopic (exact) mass is 335 g/mol. The molecule has 1 aromatic rings. The van der Waals surface area contributed by atoms with Crippen LogP contribution in [0.4, 0.5) is 0 Å². The van der Waals surface area contributed by atoms with E-state index in [0.717, 1.165) is 11.3 Å². The fourth-order valence-electron chi connectivity index (χ4n) is 1.75. The van der Waals surface area contributed by atoms with Gasteiger partial charge in [-0.25, -0.2) is 9.59 Å². The SMILES string of the molecule is COC(=O)[C@H](Cc1ccc(O[Si](C)(C)C(C)(C)C)cc1)N=C=O. The Morgan fingerprint density at radius 2 is 1.83 bits per heavy atom. The minimum absolute atomic E-state index is 0.125. The lowest BCUT2D eigenvalue weighted by Gasteiger charge is -2.36. The van der Waals surface area contributed by atoms with E-state index in [-0.39, 0.29) is 5.04 Å². The number of methoxy groups -OCH3 is 1. The third-order valence-electron chi connectivity index (χ3n) is 4.21. The van der Waals surface area contributed by atoms with E-state index < -0.39 is 20.3 Å². The van der Waals surface area contributed by atoms with Crippen LogP contribution in [0.3, 0.4) is 0 Å². The minimum Gasteiger partial charge on any atom is -0.544 e. The van der Waals surface area contributed by atoms with Crippen LogP contribution in [0.2, 0.25) is 18.1 Å². The van der Waals surface area contributed by atoms with Crippen LogP contribution in [0.1, 0.15) is 26.3 Å². The topological polar surface area (TPSA) is 65.0 Å². The summed E-state index contributed by atoms with van der Waals surface area (Å²) >= 11 is 0. The average molecular weight is 335 g/mol. The molecule has 0 heterocycles. The summed E-state index contributed by atoms with van der Waals surface area (Å²) in [5.41, 5.74) is 0.877. The molecule has 0 fully saturated rings. The Labute approximate surface area is 138 Å². The number of hydrogen-bond donors (Lipinski definition) is 0. The second-order valence-corrected chi connectivity index (χ2v) is 11.7. The van der Waals surface area contributed by atoms with E-state index in [4.69, 9.17) is 4.43 Å². The second kappa shape index (κ2) is 7.57. The highest BCUT2D eigenvalue weighted by atomic mass is 28.4. The molecule has 1 atom stereocenters. The number of benzene rings is 1. The van der Waals surface area contributed by atoms with Crippen molar-refractivity contribution in [2.24, 2.45) is 4.99 Å². The molecule has 0 unspecified atom stereocenters. The predicted octanol–water partition coefficient (Wildman–Crippen LogP) is 3.49. The van der Waals surface area contributed by atoms with Crippen molar-refractivity contribution in [1.29, 1.82) is 0 Å². The summed E-state index contributed by atoms with van der Waals surface area (Å²) in [5.74, 6) is 0.267. The standard InChI is InChI=1S/C17H25NO4Si/c1-17(2,3)23(5,6)22-14-9-7-13(8-10-14)11-15(18-12-19)16(20)21-4/h7-10,15H,11H2,1-6H3/t15-/m0/s1. The Morgan fingerprint density at radius 3 is 2.26 bits per heavy atom. The summed E-state index contributed by atoms with van der Waals surface area (Å²) in [6.45, 7) is 10.9. The molecular weight excluding hydrogens is 310 g/mol. The quantitative estimate of drug-likeness (QED) is 0.345. The molecule has 23 heavy (non-hydrogen) atoms. The lowest BCUT2D eigenvalue weighted by atomic mass is 10.1. The molecule has 5 nitrogen and oxygen atoms in total. The Kier molecular flexibility index (Phi) is 6.30. The van der Waals surface area contributed by atoms with Crippen molar-refractivity contribution in [1.82, 2.24) is 0 Å². The van der Waals surface area contributed by atoms with Crippen molar-refractivity contribution in [3.8, 4) is 5.75 Å². The number of isocyanates is 1. The first-order valence-electron chi connectivity index (χ1n) is 7.53. The lowest BCUT2D eigenvalue weighted by molar-refractivity contribution is -0.142. The van der Waals surface area contributed by atoms with Gasteiger partial charge in [-0.05, 0) is 35.8 Å². The van der Waals surface area contributed by atoms with Gasteiger partial charge in [0.1, 0.15) is 5.75 Å². The van der Waals surface area contributed by atoms with Gasteiger partial charge in [0.25, 0.3) is 0 Å². The van der Waals surface area contributed by atoms with Crippen LogP contribution in [0.15, 0.2) is 29.3 Å². The Bertz CT molecular complexity index is 584. The van der Waals surface area contributed by atoms with Gasteiger partial charge in [-0.3, -0.25) is 0 Å². The van der Waals surface area contributed by atoms with Crippen LogP contribution in [-0.2, 0) is 20.7 Å². The molecule has 0 saturated heterocycles. The number of aliphatic imine (C=N–C) groups is 1. The van der Waals surface area contributed by atoms with Crippen molar-refractivity contribution in [3.63, 3.8) is 0 Å². The molecule has 1 rings (SSSR count). The normalized spacial score (nSPS) is 13.0. The van der Waals surface area contributed by atoms with E-state index in [1.54, 1.807) is 0 Å². The molecule has 6 heteroatoms. The van der Waals surface area contributed by atoms with Crippen molar-refractivity contribution >= 4 is 20.4 Å². The highest BCUT2D eigenvalue weighted by molar-refractivity contribution is 6.74. The van der Waals surface area contributed by atoms with Gasteiger partial charge >= 0.3 is 5.97 Å². The maximum atomic E-state index is 11.6. The Hall–Kier alpha value is -1.91. The van der Waals surface area contributed by atoms with Crippen LogP contribution < -0.4 is 4.43 Å². The smallest absolute Gasteiger partial charge is 0.331 e. The molecule has 0 aliphatic carbocycles. The van der Waals surface area contributed by atoms with E-state index in [9.17, 15) is 9.59 Å². The van der Waals surface area contributed by atoms with E-state index in [0.29, 0.717) is 6.42 Å². The number of esters is 1. The third-order valence-corrected chi connectivity index (χ3v) is 8.57. The molecule has 0 saturated carbocycles. The average Bonchev–Trinajstić information content (AvgIpc) is 2.46. The largest absolute Gasteiger partial charge is 0.544 e. The van der Waals surface area contributed by atoms with Crippen molar-refractivity contribution in [2.75, 3.05) is 7.11 Å². The van der Waals surface area contributed by atoms with Crippen LogP contribution in [0, 0.1) is 0 Å². The zero-order valence-electron chi connectivity index (χ0n) is 14.7. The van der Waals surface area contributed by atoms with E-state index in [1.165, 1.54) is 13.2 Å². The molecular formula is C17H25NO4Si. The van der Waals surface area contributed by atoms with Crippen molar-refractivity contribution in [3.05, 3.63) is 29.8 Å². The first kappa shape index (κ1) is 19.1. The summed E-state index contributed by atoms with van der Waals surface area (Å²) in [7, 11) is -0.606. The summed E-state index contributed by atoms with van der Waals surface area (Å²) in [6.07, 6.45) is 1.71. The summed E-state index contributed by atoms with van der Waals surface area (Å²) < 4.78 is 10.8. The van der Waals surface area contributed by atoms with Gasteiger partial charge in [-0.2, -0.15) is 4.99 Å². The molecule has 0 aliphatic rings. The van der Waals surface area contributed by atoms with Crippen LogP contribution >= 0.6 is 0 Å². The molecule has 0 N–H and O–H groups in total. The first-order valence-corrected chi connectivity index (χ1v) is 10.4. The van der Waals surface area contributed by atoms with Crippen molar-refractivity contribution < 1.29 is 18.8 Å². The van der Waals surface area contributed by atoms with Gasteiger partial charge in [0.15, 0.2) is 6.04 Å². The van der Waals surface area contributed by atoms with E-state index in [2.05, 4.69) is 43.6 Å². The van der Waals surface area contributed by atoms with Gasteiger partial charge in [0, 0.05) is 6.42 Å². The Balaban J connectivity index is 2.84. The first-order chi connectivity index (χ1) is 10.6. The molecule has 0 spiro atoms. The zero-order chi connectivity index (χ0) is 17.7. The fraction of sp³-hybridized carbons (Fsp3) is 0.529. The fourth-order valence-corrected chi connectivity index (χ4v) is 2.78. The molecule has 1 aromatic carbocycles. The van der Waals surface area contributed by atoms with Gasteiger partial charge < -0.3 is 9.16 Å². The lowest BCUT2D eigenvalue weighted by Crippen LogP contribution is -2.43. The minimum atomic E-state index is -1.88. The van der Waals surface area contributed by atoms with Gasteiger partial charge in [-0.1, -0.05) is 32.9 Å². The van der Waals surface area contributed by atoms with Crippen LogP contribution in [0.5, 0.6) is 5.75 Å². The highest BCUT2D eigenvalue weighted by Crippen LogP contribution is 2.37. The maximum Gasteiger partial charge on any atom is 0.331 e. The number of carbonyl (C=O) groups excluding carboxylic acids is 2. The van der Waals surface area contributed by atoms with Gasteiger partial charge in [0.2, 0.25) is 14.4 Å². The molecule has 0 bridgehead atoms. The molecule has 0 aliphatic heterocycles. The second-order valence-electron chi connectivity index (χ2n) is 6.97.